The van der Waals surface area contributed by atoms with Gasteiger partial charge in [0.05, 0.1) is 16.3 Å². The van der Waals surface area contributed by atoms with Crippen molar-refractivity contribution < 1.29 is 19.1 Å². The van der Waals surface area contributed by atoms with E-state index in [0.29, 0.717) is 34.1 Å². The highest BCUT2D eigenvalue weighted by Gasteiger charge is 2.18. The molecule has 1 aromatic heterocycles. The van der Waals surface area contributed by atoms with Gasteiger partial charge in [-0.1, -0.05) is 12.1 Å². The average molecular weight is 381 g/mol. The number of aromatic nitrogens is 1. The van der Waals surface area contributed by atoms with E-state index in [2.05, 4.69) is 15.6 Å². The van der Waals surface area contributed by atoms with E-state index < -0.39 is 0 Å². The van der Waals surface area contributed by atoms with Gasteiger partial charge in [0, 0.05) is 17.1 Å². The molecule has 4 rings (SSSR count). The third kappa shape index (κ3) is 3.61. The van der Waals surface area contributed by atoms with Crippen LogP contribution in [0.3, 0.4) is 0 Å². The minimum Gasteiger partial charge on any atom is -0.454 e. The van der Waals surface area contributed by atoms with E-state index in [9.17, 15) is 9.59 Å². The predicted octanol–water partition coefficient (Wildman–Crippen LogP) is 3.68. The fourth-order valence-electron chi connectivity index (χ4n) is 2.62. The molecule has 0 saturated carbocycles. The summed E-state index contributed by atoms with van der Waals surface area (Å²) in [6, 6.07) is 12.0. The molecule has 2 aromatic carbocycles. The third-order valence-corrected chi connectivity index (χ3v) is 4.68. The summed E-state index contributed by atoms with van der Waals surface area (Å²) in [5.41, 5.74) is 1.64. The van der Waals surface area contributed by atoms with Gasteiger partial charge in [0.15, 0.2) is 11.5 Å². The maximum Gasteiger partial charge on any atom is 0.275 e. The number of carbonyl (C=O) groups excluding carboxylic acids is 2. The van der Waals surface area contributed by atoms with Crippen molar-refractivity contribution >= 4 is 34.5 Å². The first kappa shape index (κ1) is 17.0. The number of aryl methyl sites for hydroxylation is 1. The standard InChI is InChI=1S/C19H15N3O4S/c1-11-20-15(9-27-11)19(24)22-14-5-3-2-4-13(14)18(23)21-12-6-7-16-17(8-12)26-10-25-16/h2-9H,10H2,1H3,(H,21,23)(H,22,24). The minimum atomic E-state index is -0.359. The lowest BCUT2D eigenvalue weighted by atomic mass is 10.1. The van der Waals surface area contributed by atoms with E-state index in [1.54, 1.807) is 47.8 Å². The molecule has 2 heterocycles. The number of para-hydroxylation sites is 1. The zero-order chi connectivity index (χ0) is 18.8. The molecule has 8 heteroatoms. The largest absolute Gasteiger partial charge is 0.454 e. The van der Waals surface area contributed by atoms with Crippen molar-refractivity contribution in [1.29, 1.82) is 0 Å². The van der Waals surface area contributed by atoms with Gasteiger partial charge in [0.2, 0.25) is 6.79 Å². The van der Waals surface area contributed by atoms with E-state index in [-0.39, 0.29) is 18.6 Å². The normalized spacial score (nSPS) is 11.9. The summed E-state index contributed by atoms with van der Waals surface area (Å²) in [6.07, 6.45) is 0. The van der Waals surface area contributed by atoms with Crippen molar-refractivity contribution in [2.75, 3.05) is 17.4 Å². The van der Waals surface area contributed by atoms with Gasteiger partial charge in [-0.25, -0.2) is 4.98 Å². The number of thiazole rings is 1. The van der Waals surface area contributed by atoms with Crippen LogP contribution in [0.1, 0.15) is 25.9 Å². The van der Waals surface area contributed by atoms with Crippen molar-refractivity contribution in [3.05, 3.63) is 64.1 Å². The molecule has 0 aliphatic carbocycles. The molecule has 0 saturated heterocycles. The molecular formula is C19H15N3O4S. The van der Waals surface area contributed by atoms with Crippen molar-refractivity contribution in [2.45, 2.75) is 6.92 Å². The van der Waals surface area contributed by atoms with Crippen molar-refractivity contribution in [3.63, 3.8) is 0 Å². The number of carbonyl (C=O) groups is 2. The Morgan fingerprint density at radius 1 is 1.04 bits per heavy atom. The molecule has 7 nitrogen and oxygen atoms in total. The van der Waals surface area contributed by atoms with E-state index in [0.717, 1.165) is 5.01 Å². The fraction of sp³-hybridized carbons (Fsp3) is 0.105. The number of hydrogen-bond acceptors (Lipinski definition) is 6. The van der Waals surface area contributed by atoms with Gasteiger partial charge in [0.1, 0.15) is 5.69 Å². The Morgan fingerprint density at radius 2 is 1.85 bits per heavy atom. The summed E-state index contributed by atoms with van der Waals surface area (Å²) in [4.78, 5) is 29.2. The van der Waals surface area contributed by atoms with Crippen LogP contribution in [-0.4, -0.2) is 23.6 Å². The Kier molecular flexibility index (Phi) is 4.47. The van der Waals surface area contributed by atoms with Crippen LogP contribution in [-0.2, 0) is 0 Å². The lowest BCUT2D eigenvalue weighted by Gasteiger charge is -2.11. The highest BCUT2D eigenvalue weighted by molar-refractivity contribution is 7.09. The summed E-state index contributed by atoms with van der Waals surface area (Å²) in [5, 5.41) is 8.03. The summed E-state index contributed by atoms with van der Waals surface area (Å²) < 4.78 is 10.6. The van der Waals surface area contributed by atoms with Crippen LogP contribution in [0.25, 0.3) is 0 Å². The number of nitrogens with one attached hydrogen (secondary N) is 2. The fourth-order valence-corrected chi connectivity index (χ4v) is 3.21. The molecule has 0 fully saturated rings. The van der Waals surface area contributed by atoms with Gasteiger partial charge in [-0.2, -0.15) is 0 Å². The Morgan fingerprint density at radius 3 is 2.67 bits per heavy atom. The van der Waals surface area contributed by atoms with Gasteiger partial charge >= 0.3 is 0 Å². The lowest BCUT2D eigenvalue weighted by molar-refractivity contribution is 0.102. The van der Waals surface area contributed by atoms with Crippen LogP contribution < -0.4 is 20.1 Å². The maximum absolute atomic E-state index is 12.7. The molecule has 2 N–H and O–H groups in total. The van der Waals surface area contributed by atoms with Crippen LogP contribution in [0.15, 0.2) is 47.8 Å². The van der Waals surface area contributed by atoms with Crippen LogP contribution >= 0.6 is 11.3 Å². The molecule has 1 aliphatic heterocycles. The Balaban J connectivity index is 1.53. The Labute approximate surface area is 159 Å². The summed E-state index contributed by atoms with van der Waals surface area (Å²) in [5.74, 6) is 0.509. The molecular weight excluding hydrogens is 366 g/mol. The van der Waals surface area contributed by atoms with Gasteiger partial charge < -0.3 is 20.1 Å². The highest BCUT2D eigenvalue weighted by atomic mass is 32.1. The minimum absolute atomic E-state index is 0.164. The third-order valence-electron chi connectivity index (χ3n) is 3.90. The van der Waals surface area contributed by atoms with Gasteiger partial charge in [-0.05, 0) is 31.2 Å². The second-order valence-corrected chi connectivity index (χ2v) is 6.84. The van der Waals surface area contributed by atoms with Gasteiger partial charge in [0.25, 0.3) is 11.8 Å². The van der Waals surface area contributed by atoms with E-state index in [4.69, 9.17) is 9.47 Å². The summed E-state index contributed by atoms with van der Waals surface area (Å²) in [7, 11) is 0. The van der Waals surface area contributed by atoms with E-state index in [1.165, 1.54) is 11.3 Å². The van der Waals surface area contributed by atoms with Crippen LogP contribution in [0.5, 0.6) is 11.5 Å². The topological polar surface area (TPSA) is 89.6 Å². The number of fused-ring (bicyclic) bond motifs is 1. The zero-order valence-electron chi connectivity index (χ0n) is 14.3. The Hall–Kier alpha value is -3.39. The summed E-state index contributed by atoms with van der Waals surface area (Å²) in [6.45, 7) is 1.99. The molecule has 27 heavy (non-hydrogen) atoms. The molecule has 0 bridgehead atoms. The molecule has 136 valence electrons. The van der Waals surface area contributed by atoms with Crippen molar-refractivity contribution in [1.82, 2.24) is 4.98 Å². The lowest BCUT2D eigenvalue weighted by Crippen LogP contribution is -2.18. The SMILES string of the molecule is Cc1nc(C(=O)Nc2ccccc2C(=O)Nc2ccc3c(c2)OCO3)cs1. The number of amides is 2. The molecule has 0 spiro atoms. The molecule has 1 aliphatic rings. The molecule has 2 amide bonds. The highest BCUT2D eigenvalue weighted by Crippen LogP contribution is 2.34. The smallest absolute Gasteiger partial charge is 0.275 e. The summed E-state index contributed by atoms with van der Waals surface area (Å²) >= 11 is 1.39. The van der Waals surface area contributed by atoms with Crippen molar-refractivity contribution in [2.24, 2.45) is 0 Å². The monoisotopic (exact) mass is 381 g/mol. The van der Waals surface area contributed by atoms with Crippen LogP contribution in [0, 0.1) is 6.92 Å². The molecule has 0 atom stereocenters. The van der Waals surface area contributed by atoms with Crippen LogP contribution in [0.4, 0.5) is 11.4 Å². The molecule has 0 radical (unpaired) electrons. The number of nitrogens with zero attached hydrogens (tertiary/aromatic N) is 1. The molecule has 3 aromatic rings. The number of hydrogen-bond donors (Lipinski definition) is 2. The first-order valence-corrected chi connectivity index (χ1v) is 9.01. The van der Waals surface area contributed by atoms with Gasteiger partial charge in [-0.15, -0.1) is 11.3 Å². The number of benzene rings is 2. The van der Waals surface area contributed by atoms with E-state index >= 15 is 0 Å². The van der Waals surface area contributed by atoms with Gasteiger partial charge in [-0.3, -0.25) is 9.59 Å². The number of ether oxygens (including phenoxy) is 2. The van der Waals surface area contributed by atoms with E-state index in [1.807, 2.05) is 6.92 Å². The quantitative estimate of drug-likeness (QED) is 0.719. The second kappa shape index (κ2) is 7.08. The predicted molar refractivity (Wildman–Crippen MR) is 102 cm³/mol. The van der Waals surface area contributed by atoms with Crippen molar-refractivity contribution in [3.8, 4) is 11.5 Å². The number of anilines is 2. The second-order valence-electron chi connectivity index (χ2n) is 5.77. The Bertz CT molecular complexity index is 1030. The van der Waals surface area contributed by atoms with Crippen LogP contribution in [0.2, 0.25) is 0 Å². The molecule has 0 unspecified atom stereocenters. The first-order chi connectivity index (χ1) is 13.1. The average Bonchev–Trinajstić information content (AvgIpc) is 3.30. The maximum atomic E-state index is 12.7. The first-order valence-electron chi connectivity index (χ1n) is 8.13. The zero-order valence-corrected chi connectivity index (χ0v) is 15.1. The number of rotatable bonds is 4.